The number of allylic oxidation sites excluding steroid dienone is 1. The number of hydrogen-bond acceptors (Lipinski definition) is 0. The molecule has 0 saturated heterocycles. The van der Waals surface area contributed by atoms with Crippen molar-refractivity contribution in [3.8, 4) is 0 Å². The molecule has 2 rings (SSSR count). The second kappa shape index (κ2) is 3.27. The molecule has 0 saturated carbocycles. The van der Waals surface area contributed by atoms with Gasteiger partial charge in [-0.25, -0.2) is 0 Å². The maximum atomic E-state index is 2.38. The van der Waals surface area contributed by atoms with Crippen LogP contribution in [0.5, 0.6) is 0 Å². The molecule has 0 nitrogen and oxygen atoms in total. The van der Waals surface area contributed by atoms with Gasteiger partial charge in [0, 0.05) is 0 Å². The molecule has 0 heteroatoms. The topological polar surface area (TPSA) is 0 Å². The monoisotopic (exact) mass is 186 g/mol. The molecule has 0 radical (unpaired) electrons. The third-order valence-electron chi connectivity index (χ3n) is 3.59. The van der Waals surface area contributed by atoms with Gasteiger partial charge in [0.2, 0.25) is 0 Å². The summed E-state index contributed by atoms with van der Waals surface area (Å²) in [6.45, 7) is 6.96. The summed E-state index contributed by atoms with van der Waals surface area (Å²) in [4.78, 5) is 0. The van der Waals surface area contributed by atoms with Crippen molar-refractivity contribution in [2.45, 2.75) is 27.2 Å². The summed E-state index contributed by atoms with van der Waals surface area (Å²) in [5.74, 6) is 0.701. The van der Waals surface area contributed by atoms with Crippen LogP contribution >= 0.6 is 0 Å². The van der Waals surface area contributed by atoms with Crippen LogP contribution < -0.4 is 0 Å². The van der Waals surface area contributed by atoms with Gasteiger partial charge in [0.15, 0.2) is 0 Å². The highest BCUT2D eigenvalue weighted by molar-refractivity contribution is 5.57. The van der Waals surface area contributed by atoms with Crippen LogP contribution in [0.2, 0.25) is 0 Å². The zero-order valence-electron chi connectivity index (χ0n) is 9.25. The van der Waals surface area contributed by atoms with Crippen molar-refractivity contribution in [1.82, 2.24) is 0 Å². The van der Waals surface area contributed by atoms with Gasteiger partial charge in [0.25, 0.3) is 0 Å². The Bertz CT molecular complexity index is 360. The molecule has 0 bridgehead atoms. The fourth-order valence-electron chi connectivity index (χ4n) is 2.00. The summed E-state index contributed by atoms with van der Waals surface area (Å²) in [6, 6.07) is 8.70. The quantitative estimate of drug-likeness (QED) is 0.623. The molecule has 74 valence electrons. The van der Waals surface area contributed by atoms with Crippen molar-refractivity contribution in [3.63, 3.8) is 0 Å². The highest BCUT2D eigenvalue weighted by atomic mass is 14.3. The Hall–Kier alpha value is -1.04. The molecule has 0 spiro atoms. The molecule has 1 aromatic rings. The zero-order valence-corrected chi connectivity index (χ0v) is 9.25. The first kappa shape index (κ1) is 9.51. The standard InChI is InChI=1S/C14H18/c1-11(2)14(3)9-8-12-6-4-5-7-13(12)10-14/h4-9,11H,10H2,1-3H3. The van der Waals surface area contributed by atoms with E-state index in [2.05, 4.69) is 57.2 Å². The highest BCUT2D eigenvalue weighted by Gasteiger charge is 2.28. The van der Waals surface area contributed by atoms with E-state index in [9.17, 15) is 0 Å². The van der Waals surface area contributed by atoms with Crippen molar-refractivity contribution in [3.05, 3.63) is 41.5 Å². The molecule has 0 fully saturated rings. The predicted octanol–water partition coefficient (Wildman–Crippen LogP) is 3.92. The first-order chi connectivity index (χ1) is 6.62. The Kier molecular flexibility index (Phi) is 2.22. The van der Waals surface area contributed by atoms with E-state index in [4.69, 9.17) is 0 Å². The van der Waals surface area contributed by atoms with Crippen molar-refractivity contribution < 1.29 is 0 Å². The number of fused-ring (bicyclic) bond motifs is 1. The predicted molar refractivity (Wildman–Crippen MR) is 62.1 cm³/mol. The van der Waals surface area contributed by atoms with Crippen LogP contribution in [0.1, 0.15) is 31.9 Å². The first-order valence-electron chi connectivity index (χ1n) is 5.39. The molecule has 14 heavy (non-hydrogen) atoms. The van der Waals surface area contributed by atoms with E-state index in [1.807, 2.05) is 0 Å². The summed E-state index contributed by atoms with van der Waals surface area (Å²) < 4.78 is 0. The molecule has 0 aromatic heterocycles. The minimum atomic E-state index is 0.342. The average molecular weight is 186 g/mol. The molecule has 1 aliphatic rings. The Labute approximate surface area is 86.7 Å². The van der Waals surface area contributed by atoms with Crippen LogP contribution in [-0.2, 0) is 6.42 Å². The van der Waals surface area contributed by atoms with Gasteiger partial charge in [-0.05, 0) is 28.9 Å². The molecule has 0 heterocycles. The zero-order chi connectivity index (χ0) is 10.2. The third-order valence-corrected chi connectivity index (χ3v) is 3.59. The third kappa shape index (κ3) is 1.50. The summed E-state index contributed by atoms with van der Waals surface area (Å²) in [5, 5.41) is 0. The van der Waals surface area contributed by atoms with Crippen molar-refractivity contribution in [2.24, 2.45) is 11.3 Å². The fraction of sp³-hybridized carbons (Fsp3) is 0.429. The summed E-state index contributed by atoms with van der Waals surface area (Å²) in [7, 11) is 0. The van der Waals surface area contributed by atoms with Crippen LogP contribution in [0.3, 0.4) is 0 Å². The second-order valence-electron chi connectivity index (χ2n) is 4.87. The Morgan fingerprint density at radius 2 is 1.93 bits per heavy atom. The van der Waals surface area contributed by atoms with E-state index in [0.717, 1.165) is 0 Å². The van der Waals surface area contributed by atoms with Gasteiger partial charge in [-0.1, -0.05) is 57.2 Å². The van der Waals surface area contributed by atoms with Crippen LogP contribution in [0, 0.1) is 11.3 Å². The van der Waals surface area contributed by atoms with Crippen molar-refractivity contribution in [1.29, 1.82) is 0 Å². The van der Waals surface area contributed by atoms with Crippen LogP contribution in [0.4, 0.5) is 0 Å². The maximum absolute atomic E-state index is 2.38. The van der Waals surface area contributed by atoms with Crippen molar-refractivity contribution >= 4 is 6.08 Å². The van der Waals surface area contributed by atoms with E-state index in [0.29, 0.717) is 11.3 Å². The first-order valence-corrected chi connectivity index (χ1v) is 5.39. The molecule has 0 aliphatic heterocycles. The van der Waals surface area contributed by atoms with Gasteiger partial charge in [0.1, 0.15) is 0 Å². The van der Waals surface area contributed by atoms with E-state index in [1.165, 1.54) is 17.5 Å². The van der Waals surface area contributed by atoms with Gasteiger partial charge in [0.05, 0.1) is 0 Å². The minimum absolute atomic E-state index is 0.342. The molecule has 1 unspecified atom stereocenters. The van der Waals surface area contributed by atoms with Crippen LogP contribution in [0.25, 0.3) is 6.08 Å². The van der Waals surface area contributed by atoms with E-state index in [1.54, 1.807) is 0 Å². The summed E-state index contributed by atoms with van der Waals surface area (Å²) in [5.41, 5.74) is 3.23. The van der Waals surface area contributed by atoms with Gasteiger partial charge < -0.3 is 0 Å². The number of benzene rings is 1. The fourth-order valence-corrected chi connectivity index (χ4v) is 2.00. The Morgan fingerprint density at radius 3 is 2.64 bits per heavy atom. The van der Waals surface area contributed by atoms with Crippen molar-refractivity contribution in [2.75, 3.05) is 0 Å². The normalized spacial score (nSPS) is 25.1. The number of rotatable bonds is 1. The Morgan fingerprint density at radius 1 is 1.21 bits per heavy atom. The van der Waals surface area contributed by atoms with E-state index >= 15 is 0 Å². The van der Waals surface area contributed by atoms with Crippen LogP contribution in [-0.4, -0.2) is 0 Å². The lowest BCUT2D eigenvalue weighted by Crippen LogP contribution is -2.26. The lowest BCUT2D eigenvalue weighted by molar-refractivity contribution is 0.294. The Balaban J connectivity index is 2.38. The van der Waals surface area contributed by atoms with Gasteiger partial charge in [-0.2, -0.15) is 0 Å². The molecular formula is C14H18. The van der Waals surface area contributed by atoms with Crippen LogP contribution in [0.15, 0.2) is 30.3 Å². The smallest absolute Gasteiger partial charge is 0.00796 e. The average Bonchev–Trinajstić information content (AvgIpc) is 2.17. The lowest BCUT2D eigenvalue weighted by atomic mass is 9.71. The van der Waals surface area contributed by atoms with Gasteiger partial charge >= 0.3 is 0 Å². The molecule has 1 aromatic carbocycles. The lowest BCUT2D eigenvalue weighted by Gasteiger charge is -2.34. The summed E-state index contributed by atoms with van der Waals surface area (Å²) in [6.07, 6.45) is 5.83. The molecule has 1 atom stereocenters. The van der Waals surface area contributed by atoms with E-state index in [-0.39, 0.29) is 0 Å². The highest BCUT2D eigenvalue weighted by Crippen LogP contribution is 2.37. The van der Waals surface area contributed by atoms with Gasteiger partial charge in [-0.3, -0.25) is 0 Å². The second-order valence-corrected chi connectivity index (χ2v) is 4.87. The molecule has 1 aliphatic carbocycles. The summed E-state index contributed by atoms with van der Waals surface area (Å²) >= 11 is 0. The molecular weight excluding hydrogens is 168 g/mol. The molecule has 0 amide bonds. The largest absolute Gasteiger partial charge is 0.0774 e. The minimum Gasteiger partial charge on any atom is -0.0774 e. The molecule has 0 N–H and O–H groups in total. The van der Waals surface area contributed by atoms with Gasteiger partial charge in [-0.15, -0.1) is 0 Å². The number of hydrogen-bond donors (Lipinski definition) is 0. The van der Waals surface area contributed by atoms with E-state index < -0.39 is 0 Å². The SMILES string of the molecule is CC(C)C1(C)C=Cc2ccccc2C1. The maximum Gasteiger partial charge on any atom is -0.00796 e.